The second-order valence-corrected chi connectivity index (χ2v) is 4.17. The van der Waals surface area contributed by atoms with Crippen LogP contribution in [0.2, 0.25) is 0 Å². The minimum Gasteiger partial charge on any atom is -0.481 e. The lowest BCUT2D eigenvalue weighted by Gasteiger charge is -2.03. The third kappa shape index (κ3) is 2.18. The van der Waals surface area contributed by atoms with Gasteiger partial charge in [-0.3, -0.25) is 4.79 Å². The molecule has 2 aromatic heterocycles. The molecule has 0 radical (unpaired) electrons. The van der Waals surface area contributed by atoms with Crippen molar-refractivity contribution in [3.8, 4) is 11.3 Å². The fraction of sp³-hybridized carbons (Fsp3) is 0.0714. The Labute approximate surface area is 109 Å². The molecule has 0 aliphatic carbocycles. The smallest absolute Gasteiger partial charge is 0.309 e. The monoisotopic (exact) mass is 253 g/mol. The molecule has 0 saturated heterocycles. The number of aliphatic carboxylic acids is 1. The fourth-order valence-corrected chi connectivity index (χ4v) is 1.96. The summed E-state index contributed by atoms with van der Waals surface area (Å²) in [4.78, 5) is 14.9. The van der Waals surface area contributed by atoms with E-state index in [2.05, 4.69) is 10.1 Å². The van der Waals surface area contributed by atoms with Gasteiger partial charge < -0.3 is 5.11 Å². The topological polar surface area (TPSA) is 67.5 Å². The van der Waals surface area contributed by atoms with Crippen molar-refractivity contribution in [3.05, 3.63) is 54.4 Å². The summed E-state index contributed by atoms with van der Waals surface area (Å²) >= 11 is 0. The van der Waals surface area contributed by atoms with Gasteiger partial charge in [-0.25, -0.2) is 9.50 Å². The molecule has 0 bridgehead atoms. The Morgan fingerprint density at radius 1 is 1.16 bits per heavy atom. The van der Waals surface area contributed by atoms with Crippen molar-refractivity contribution in [2.75, 3.05) is 0 Å². The van der Waals surface area contributed by atoms with Gasteiger partial charge in [0.15, 0.2) is 5.65 Å². The first-order valence-electron chi connectivity index (χ1n) is 5.85. The maximum atomic E-state index is 10.8. The van der Waals surface area contributed by atoms with E-state index in [1.165, 1.54) is 0 Å². The summed E-state index contributed by atoms with van der Waals surface area (Å²) in [5, 5.41) is 13.3. The molecule has 0 aliphatic rings. The van der Waals surface area contributed by atoms with Gasteiger partial charge in [0.05, 0.1) is 24.0 Å². The number of imidazole rings is 1. The van der Waals surface area contributed by atoms with Gasteiger partial charge in [0.1, 0.15) is 0 Å². The molecule has 3 rings (SSSR count). The summed E-state index contributed by atoms with van der Waals surface area (Å²) in [6, 6.07) is 13.4. The Hall–Kier alpha value is -2.69. The van der Waals surface area contributed by atoms with Crippen LogP contribution in [0.1, 0.15) is 5.69 Å². The zero-order valence-corrected chi connectivity index (χ0v) is 10.0. The number of fused-ring (bicyclic) bond motifs is 1. The van der Waals surface area contributed by atoms with E-state index in [4.69, 9.17) is 5.11 Å². The number of hydrogen-bond donors (Lipinski definition) is 1. The van der Waals surface area contributed by atoms with Gasteiger partial charge in [-0.1, -0.05) is 30.3 Å². The van der Waals surface area contributed by atoms with Crippen molar-refractivity contribution in [1.29, 1.82) is 0 Å². The van der Waals surface area contributed by atoms with Crippen LogP contribution in [-0.2, 0) is 11.2 Å². The van der Waals surface area contributed by atoms with E-state index in [1.807, 2.05) is 42.5 Å². The van der Waals surface area contributed by atoms with Crippen molar-refractivity contribution in [2.45, 2.75) is 6.42 Å². The van der Waals surface area contributed by atoms with Gasteiger partial charge in [0, 0.05) is 5.56 Å². The number of nitrogens with zero attached hydrogens (tertiary/aromatic N) is 3. The molecule has 94 valence electrons. The maximum Gasteiger partial charge on any atom is 0.309 e. The molecule has 3 aromatic rings. The van der Waals surface area contributed by atoms with Gasteiger partial charge in [0.25, 0.3) is 0 Å². The molecule has 2 heterocycles. The zero-order valence-electron chi connectivity index (χ0n) is 10.0. The van der Waals surface area contributed by atoms with E-state index in [0.29, 0.717) is 11.3 Å². The summed E-state index contributed by atoms with van der Waals surface area (Å²) in [6.45, 7) is 0. The first kappa shape index (κ1) is 11.4. The lowest BCUT2D eigenvalue weighted by atomic mass is 10.1. The maximum absolute atomic E-state index is 10.8. The Morgan fingerprint density at radius 3 is 2.68 bits per heavy atom. The second-order valence-electron chi connectivity index (χ2n) is 4.17. The normalized spacial score (nSPS) is 10.7. The second kappa shape index (κ2) is 4.53. The Kier molecular flexibility index (Phi) is 2.72. The van der Waals surface area contributed by atoms with Gasteiger partial charge in [-0.15, -0.1) is 0 Å². The molecule has 1 aromatic carbocycles. The number of carboxylic acid groups (broad SMARTS) is 1. The van der Waals surface area contributed by atoms with Gasteiger partial charge in [0.2, 0.25) is 0 Å². The highest BCUT2D eigenvalue weighted by Gasteiger charge is 2.09. The predicted octanol–water partition coefficient (Wildman–Crippen LogP) is 2.02. The quantitative estimate of drug-likeness (QED) is 0.775. The van der Waals surface area contributed by atoms with Crippen molar-refractivity contribution < 1.29 is 9.90 Å². The standard InChI is InChI=1S/C14H11N3O2/c18-14(19)8-11-9-15-13-7-6-12(16-17(11)13)10-4-2-1-3-5-10/h1-7,9H,8H2,(H,18,19). The Balaban J connectivity index is 2.11. The summed E-state index contributed by atoms with van der Waals surface area (Å²) in [5.41, 5.74) is 2.99. The van der Waals surface area contributed by atoms with Crippen LogP contribution < -0.4 is 0 Å². The first-order valence-corrected chi connectivity index (χ1v) is 5.85. The molecule has 5 heteroatoms. The first-order chi connectivity index (χ1) is 9.24. The molecule has 0 fully saturated rings. The number of aromatic nitrogens is 3. The van der Waals surface area contributed by atoms with E-state index in [-0.39, 0.29) is 6.42 Å². The van der Waals surface area contributed by atoms with Gasteiger partial charge >= 0.3 is 5.97 Å². The largest absolute Gasteiger partial charge is 0.481 e. The predicted molar refractivity (Wildman–Crippen MR) is 69.8 cm³/mol. The number of hydrogen-bond acceptors (Lipinski definition) is 3. The van der Waals surface area contributed by atoms with Crippen LogP contribution in [-0.4, -0.2) is 25.7 Å². The summed E-state index contributed by atoms with van der Waals surface area (Å²) in [7, 11) is 0. The van der Waals surface area contributed by atoms with Crippen LogP contribution in [0, 0.1) is 0 Å². The molecule has 0 aliphatic heterocycles. The number of benzene rings is 1. The van der Waals surface area contributed by atoms with Crippen LogP contribution in [0.4, 0.5) is 0 Å². The van der Waals surface area contributed by atoms with Crippen molar-refractivity contribution in [1.82, 2.24) is 14.6 Å². The molecule has 0 spiro atoms. The van der Waals surface area contributed by atoms with Crippen molar-refractivity contribution in [3.63, 3.8) is 0 Å². The molecular weight excluding hydrogens is 242 g/mol. The summed E-state index contributed by atoms with van der Waals surface area (Å²) in [5.74, 6) is -0.895. The number of carbonyl (C=O) groups is 1. The third-order valence-electron chi connectivity index (χ3n) is 2.83. The van der Waals surface area contributed by atoms with E-state index in [1.54, 1.807) is 10.7 Å². The number of carboxylic acids is 1. The van der Waals surface area contributed by atoms with Crippen LogP contribution >= 0.6 is 0 Å². The lowest BCUT2D eigenvalue weighted by Crippen LogP contribution is -2.05. The molecule has 0 amide bonds. The van der Waals surface area contributed by atoms with Crippen LogP contribution in [0.3, 0.4) is 0 Å². The molecule has 19 heavy (non-hydrogen) atoms. The average Bonchev–Trinajstić information content (AvgIpc) is 2.82. The molecule has 0 saturated carbocycles. The highest BCUT2D eigenvalue weighted by atomic mass is 16.4. The molecule has 0 atom stereocenters. The van der Waals surface area contributed by atoms with Gasteiger partial charge in [-0.05, 0) is 12.1 Å². The Morgan fingerprint density at radius 2 is 1.95 bits per heavy atom. The molecule has 0 unspecified atom stereocenters. The highest BCUT2D eigenvalue weighted by Crippen LogP contribution is 2.17. The minimum absolute atomic E-state index is 0.0909. The number of rotatable bonds is 3. The van der Waals surface area contributed by atoms with E-state index < -0.39 is 5.97 Å². The van der Waals surface area contributed by atoms with Crippen molar-refractivity contribution >= 4 is 11.6 Å². The minimum atomic E-state index is -0.895. The van der Waals surface area contributed by atoms with Crippen molar-refractivity contribution in [2.24, 2.45) is 0 Å². The summed E-state index contributed by atoms with van der Waals surface area (Å²) in [6.07, 6.45) is 1.46. The molecule has 5 nitrogen and oxygen atoms in total. The average molecular weight is 253 g/mol. The third-order valence-corrected chi connectivity index (χ3v) is 2.83. The molecular formula is C14H11N3O2. The Bertz CT molecular complexity index is 735. The van der Waals surface area contributed by atoms with E-state index in [9.17, 15) is 4.79 Å². The molecule has 1 N–H and O–H groups in total. The van der Waals surface area contributed by atoms with Crippen LogP contribution in [0.5, 0.6) is 0 Å². The van der Waals surface area contributed by atoms with Crippen LogP contribution in [0.25, 0.3) is 16.9 Å². The van der Waals surface area contributed by atoms with E-state index >= 15 is 0 Å². The SMILES string of the molecule is O=C(O)Cc1cnc2ccc(-c3ccccc3)nn12. The zero-order chi connectivity index (χ0) is 13.2. The van der Waals surface area contributed by atoms with E-state index in [0.717, 1.165) is 11.3 Å². The summed E-state index contributed by atoms with van der Waals surface area (Å²) < 4.78 is 1.58. The van der Waals surface area contributed by atoms with Crippen LogP contribution in [0.15, 0.2) is 48.7 Å². The lowest BCUT2D eigenvalue weighted by molar-refractivity contribution is -0.136. The van der Waals surface area contributed by atoms with Gasteiger partial charge in [-0.2, -0.15) is 5.10 Å². The highest BCUT2D eigenvalue weighted by molar-refractivity contribution is 5.70. The fourth-order valence-electron chi connectivity index (χ4n) is 1.96.